The molecule has 0 aliphatic rings. The van der Waals surface area contributed by atoms with Gasteiger partial charge in [-0.05, 0) is 48.2 Å². The molecule has 0 atom stereocenters. The molecule has 0 saturated carbocycles. The highest BCUT2D eigenvalue weighted by Crippen LogP contribution is 2.38. The number of nitrogens with zero attached hydrogens (tertiary/aromatic N) is 2. The number of rotatable bonds is 12. The fourth-order valence-corrected chi connectivity index (χ4v) is 6.18. The van der Waals surface area contributed by atoms with Gasteiger partial charge in [-0.15, -0.1) is 0 Å². The van der Waals surface area contributed by atoms with E-state index >= 15 is 0 Å². The molecule has 0 aliphatic carbocycles. The number of aryl methyl sites for hydroxylation is 1. The fourth-order valence-electron chi connectivity index (χ4n) is 6.18. The molecule has 0 unspecified atom stereocenters. The normalized spacial score (nSPS) is 12.1. The molecule has 0 aliphatic heterocycles. The molecule has 0 bridgehead atoms. The number of aromatic nitrogens is 1. The van der Waals surface area contributed by atoms with E-state index in [0.717, 1.165) is 23.4 Å². The van der Waals surface area contributed by atoms with Gasteiger partial charge in [-0.3, -0.25) is 9.59 Å². The largest absolute Gasteiger partial charge is 0.486 e. The predicted octanol–water partition coefficient (Wildman–Crippen LogP) is 8.64. The third-order valence-corrected chi connectivity index (χ3v) is 8.54. The van der Waals surface area contributed by atoms with E-state index in [1.807, 2.05) is 54.0 Å². The van der Waals surface area contributed by atoms with Crippen molar-refractivity contribution in [2.24, 2.45) is 5.16 Å². The number of hydrogen-bond acceptors (Lipinski definition) is 7. The summed E-state index contributed by atoms with van der Waals surface area (Å²) in [6.45, 7) is 3.02. The molecule has 0 saturated heterocycles. The van der Waals surface area contributed by atoms with Crippen molar-refractivity contribution in [3.63, 3.8) is 0 Å². The molecular formula is C40H32F4N2O6. The van der Waals surface area contributed by atoms with Crippen molar-refractivity contribution in [3.05, 3.63) is 125 Å². The van der Waals surface area contributed by atoms with Gasteiger partial charge in [-0.1, -0.05) is 71.9 Å². The Kier molecular flexibility index (Phi) is 10.1. The smallest absolute Gasteiger partial charge is 0.340 e. The molecule has 5 aromatic carbocycles. The number of esters is 1. The first-order valence-electron chi connectivity index (χ1n) is 16.2. The first-order chi connectivity index (χ1) is 24.9. The molecule has 52 heavy (non-hydrogen) atoms. The van der Waals surface area contributed by atoms with Gasteiger partial charge in [0.25, 0.3) is 0 Å². The van der Waals surface area contributed by atoms with Crippen molar-refractivity contribution in [2.75, 3.05) is 13.2 Å². The van der Waals surface area contributed by atoms with Gasteiger partial charge in [0.1, 0.15) is 18.1 Å². The van der Waals surface area contributed by atoms with Gasteiger partial charge in [0.05, 0.1) is 12.1 Å². The lowest BCUT2D eigenvalue weighted by molar-refractivity contribution is -0.148. The zero-order valence-electron chi connectivity index (χ0n) is 28.3. The maximum atomic E-state index is 14.2. The highest BCUT2D eigenvalue weighted by atomic mass is 19.3. The van der Waals surface area contributed by atoms with Gasteiger partial charge >= 0.3 is 24.3 Å². The number of ether oxygens (including phenoxy) is 2. The number of oxime groups is 1. The number of carbonyl (C=O) groups excluding carboxylic acids is 3. The molecule has 1 heterocycles. The van der Waals surface area contributed by atoms with E-state index in [0.29, 0.717) is 38.4 Å². The Labute approximate surface area is 295 Å². The van der Waals surface area contributed by atoms with E-state index in [9.17, 15) is 31.9 Å². The van der Waals surface area contributed by atoms with Gasteiger partial charge in [0.15, 0.2) is 12.4 Å². The molecular weight excluding hydrogens is 680 g/mol. The van der Waals surface area contributed by atoms with Gasteiger partial charge in [0, 0.05) is 57.8 Å². The summed E-state index contributed by atoms with van der Waals surface area (Å²) < 4.78 is 66.3. The topological polar surface area (TPSA) is 96.2 Å². The van der Waals surface area contributed by atoms with Crippen molar-refractivity contribution in [1.82, 2.24) is 4.57 Å². The average Bonchev–Trinajstić information content (AvgIpc) is 3.43. The lowest BCUT2D eigenvalue weighted by Crippen LogP contribution is -2.34. The summed E-state index contributed by atoms with van der Waals surface area (Å²) in [4.78, 5) is 42.8. The minimum Gasteiger partial charge on any atom is -0.486 e. The number of carbonyl (C=O) groups is 3. The summed E-state index contributed by atoms with van der Waals surface area (Å²) in [5.74, 6) is -6.03. The molecule has 266 valence electrons. The molecule has 0 radical (unpaired) electrons. The Morgan fingerprint density at radius 1 is 0.769 bits per heavy atom. The molecule has 0 fully saturated rings. The maximum absolute atomic E-state index is 14.2. The van der Waals surface area contributed by atoms with Crippen LogP contribution < -0.4 is 4.74 Å². The van der Waals surface area contributed by atoms with Crippen molar-refractivity contribution >= 4 is 56.0 Å². The lowest BCUT2D eigenvalue weighted by Gasteiger charge is -2.18. The number of hydrogen-bond donors (Lipinski definition) is 0. The Morgan fingerprint density at radius 3 is 2.13 bits per heavy atom. The van der Waals surface area contributed by atoms with Crippen molar-refractivity contribution in [2.45, 2.75) is 39.7 Å². The van der Waals surface area contributed by atoms with Gasteiger partial charge in [-0.25, -0.2) is 13.6 Å². The standard InChI is InChI=1S/C40H32F4N2O6/c1-23-10-4-5-11-27(23)38(49)33-21-32-31-20-26(16-17-34(31)46(18-19-50-24(2)47)37(32)29-13-7-6-12-28(29)33)36(45-52-25(3)48)30-14-8-9-15-35(30)51-22-40(43,44)39(41)42/h4-17,20-21,39H,18-19,22H2,1-3H3/b45-36+. The summed E-state index contributed by atoms with van der Waals surface area (Å²) in [5.41, 5.74) is 3.69. The molecule has 0 spiro atoms. The van der Waals surface area contributed by atoms with Crippen LogP contribution in [0, 0.1) is 6.92 Å². The minimum atomic E-state index is -4.43. The molecule has 0 N–H and O–H groups in total. The quantitative estimate of drug-likeness (QED) is 0.0315. The van der Waals surface area contributed by atoms with Crippen LogP contribution in [0.15, 0.2) is 102 Å². The highest BCUT2D eigenvalue weighted by molar-refractivity contribution is 6.27. The second-order valence-electron chi connectivity index (χ2n) is 12.1. The summed E-state index contributed by atoms with van der Waals surface area (Å²) in [5, 5.41) is 6.83. The second-order valence-corrected chi connectivity index (χ2v) is 12.1. The van der Waals surface area contributed by atoms with E-state index < -0.39 is 30.9 Å². The van der Waals surface area contributed by atoms with E-state index in [1.54, 1.807) is 36.4 Å². The van der Waals surface area contributed by atoms with Crippen LogP contribution in [0.5, 0.6) is 5.75 Å². The average molecular weight is 713 g/mol. The van der Waals surface area contributed by atoms with Crippen LogP contribution in [0.3, 0.4) is 0 Å². The zero-order valence-corrected chi connectivity index (χ0v) is 28.3. The highest BCUT2D eigenvalue weighted by Gasteiger charge is 2.42. The van der Waals surface area contributed by atoms with Gasteiger partial charge in [0.2, 0.25) is 0 Å². The molecule has 12 heteroatoms. The number of fused-ring (bicyclic) bond motifs is 5. The third-order valence-electron chi connectivity index (χ3n) is 8.54. The minimum absolute atomic E-state index is 0.00845. The SMILES string of the molecule is CC(=O)OCCn1c2ccc(/C(=N\OC(C)=O)c3ccccc3OCC(F)(F)C(F)F)cc2c2cc(C(=O)c3ccccc3C)c3ccccc3c21. The summed E-state index contributed by atoms with van der Waals surface area (Å²) in [6.07, 6.45) is -3.95. The van der Waals surface area contributed by atoms with Crippen molar-refractivity contribution in [1.29, 1.82) is 0 Å². The Balaban J connectivity index is 1.60. The van der Waals surface area contributed by atoms with Crippen molar-refractivity contribution < 1.29 is 46.3 Å². The van der Waals surface area contributed by atoms with Crippen LogP contribution >= 0.6 is 0 Å². The summed E-state index contributed by atoms with van der Waals surface area (Å²) in [7, 11) is 0. The monoisotopic (exact) mass is 712 g/mol. The van der Waals surface area contributed by atoms with Crippen LogP contribution in [-0.2, 0) is 25.7 Å². The zero-order chi connectivity index (χ0) is 37.2. The lowest BCUT2D eigenvalue weighted by atomic mass is 9.92. The summed E-state index contributed by atoms with van der Waals surface area (Å²) >= 11 is 0. The summed E-state index contributed by atoms with van der Waals surface area (Å²) in [6, 6.07) is 27.6. The Hall–Kier alpha value is -6.04. The van der Waals surface area contributed by atoms with Crippen molar-refractivity contribution in [3.8, 4) is 5.75 Å². The predicted molar refractivity (Wildman–Crippen MR) is 188 cm³/mol. The second kappa shape index (κ2) is 14.7. The molecule has 6 aromatic rings. The number of ketones is 1. The molecule has 0 amide bonds. The maximum Gasteiger partial charge on any atom is 0.340 e. The van der Waals surface area contributed by atoms with E-state index in [4.69, 9.17) is 14.3 Å². The number of alkyl halides is 4. The first-order valence-corrected chi connectivity index (χ1v) is 16.2. The number of para-hydroxylation sites is 1. The fraction of sp³-hybridized carbons (Fsp3) is 0.200. The number of benzene rings is 5. The van der Waals surface area contributed by atoms with Crippen LogP contribution in [0.4, 0.5) is 17.6 Å². The van der Waals surface area contributed by atoms with Crippen LogP contribution in [0.1, 0.15) is 46.5 Å². The first kappa shape index (κ1) is 35.8. The van der Waals surface area contributed by atoms with Crippen LogP contribution in [0.2, 0.25) is 0 Å². The van der Waals surface area contributed by atoms with Crippen LogP contribution in [-0.4, -0.2) is 53.6 Å². The Bertz CT molecular complexity index is 2380. The van der Waals surface area contributed by atoms with E-state index in [1.165, 1.54) is 25.1 Å². The van der Waals surface area contributed by atoms with Crippen LogP contribution in [0.25, 0.3) is 32.6 Å². The Morgan fingerprint density at radius 2 is 1.44 bits per heavy atom. The molecule has 1 aromatic heterocycles. The van der Waals surface area contributed by atoms with Gasteiger partial charge in [-0.2, -0.15) is 8.78 Å². The van der Waals surface area contributed by atoms with Gasteiger partial charge < -0.3 is 18.9 Å². The molecule has 6 rings (SSSR count). The van der Waals surface area contributed by atoms with E-state index in [2.05, 4.69) is 5.16 Å². The number of halogens is 4. The third kappa shape index (κ3) is 7.09. The van der Waals surface area contributed by atoms with E-state index in [-0.39, 0.29) is 36.0 Å². The molecule has 8 nitrogen and oxygen atoms in total.